The molecule has 0 aliphatic carbocycles. The van der Waals surface area contributed by atoms with Gasteiger partial charge in [0, 0.05) is 13.2 Å². The molecule has 0 saturated carbocycles. The maximum atomic E-state index is 13.1. The lowest BCUT2D eigenvalue weighted by atomic mass is 10.2. The Hall–Kier alpha value is -2.35. The first kappa shape index (κ1) is 23.7. The number of nitrogens with one attached hydrogen (secondary N) is 1. The van der Waals surface area contributed by atoms with Gasteiger partial charge in [0.15, 0.2) is 11.5 Å². The predicted octanol–water partition coefficient (Wildman–Crippen LogP) is 2.60. The SMILES string of the molecule is CCOC(=O)C(C)NP(=O)(COC)Oc1ccc(/C=C/C(=O)OC)cc1OC. The summed E-state index contributed by atoms with van der Waals surface area (Å²) in [6.45, 7) is 3.40. The highest BCUT2D eigenvalue weighted by atomic mass is 31.2. The first-order valence-corrected chi connectivity index (χ1v) is 10.3. The first-order valence-electron chi connectivity index (χ1n) is 8.44. The largest absolute Gasteiger partial charge is 0.493 e. The van der Waals surface area contributed by atoms with E-state index in [0.717, 1.165) is 0 Å². The molecule has 1 rings (SSSR count). The Kier molecular flexibility index (Phi) is 9.72. The molecule has 0 aromatic heterocycles. The Morgan fingerprint density at radius 1 is 1.21 bits per heavy atom. The molecule has 0 amide bonds. The first-order chi connectivity index (χ1) is 13.3. The Labute approximate surface area is 164 Å². The van der Waals surface area contributed by atoms with Crippen LogP contribution in [0.3, 0.4) is 0 Å². The molecule has 0 saturated heterocycles. The second-order valence-corrected chi connectivity index (χ2v) is 7.60. The number of methoxy groups -OCH3 is 3. The Morgan fingerprint density at radius 3 is 2.50 bits per heavy atom. The number of hydrogen-bond acceptors (Lipinski definition) is 8. The average Bonchev–Trinajstić information content (AvgIpc) is 2.66. The van der Waals surface area contributed by atoms with E-state index in [0.29, 0.717) is 5.56 Å². The van der Waals surface area contributed by atoms with Crippen molar-refractivity contribution in [2.45, 2.75) is 19.9 Å². The van der Waals surface area contributed by atoms with Crippen LogP contribution in [0.5, 0.6) is 11.5 Å². The lowest BCUT2D eigenvalue weighted by molar-refractivity contribution is -0.144. The van der Waals surface area contributed by atoms with Crippen molar-refractivity contribution in [1.29, 1.82) is 0 Å². The molecule has 0 radical (unpaired) electrons. The van der Waals surface area contributed by atoms with Gasteiger partial charge in [-0.05, 0) is 37.6 Å². The van der Waals surface area contributed by atoms with Crippen LogP contribution in [-0.4, -0.2) is 52.3 Å². The van der Waals surface area contributed by atoms with E-state index in [4.69, 9.17) is 18.7 Å². The number of esters is 2. The number of carbonyl (C=O) groups excluding carboxylic acids is 2. The summed E-state index contributed by atoms with van der Waals surface area (Å²) in [7, 11) is 0.457. The van der Waals surface area contributed by atoms with Crippen LogP contribution >= 0.6 is 7.52 Å². The van der Waals surface area contributed by atoms with Crippen molar-refractivity contribution in [2.24, 2.45) is 0 Å². The minimum Gasteiger partial charge on any atom is -0.493 e. The third-order valence-corrected chi connectivity index (χ3v) is 5.25. The molecule has 0 bridgehead atoms. The monoisotopic (exact) mass is 415 g/mol. The molecule has 2 unspecified atom stereocenters. The summed E-state index contributed by atoms with van der Waals surface area (Å²) in [6, 6.07) is 3.91. The van der Waals surface area contributed by atoms with Crippen LogP contribution in [0.15, 0.2) is 24.3 Å². The molecule has 156 valence electrons. The van der Waals surface area contributed by atoms with Crippen molar-refractivity contribution < 1.29 is 37.6 Å². The lowest BCUT2D eigenvalue weighted by Crippen LogP contribution is -2.35. The van der Waals surface area contributed by atoms with Gasteiger partial charge in [0.2, 0.25) is 0 Å². The van der Waals surface area contributed by atoms with E-state index < -0.39 is 25.5 Å². The van der Waals surface area contributed by atoms with Gasteiger partial charge in [-0.1, -0.05) is 6.07 Å². The number of ether oxygens (including phenoxy) is 4. The highest BCUT2D eigenvalue weighted by Gasteiger charge is 2.31. The van der Waals surface area contributed by atoms with Crippen molar-refractivity contribution in [2.75, 3.05) is 34.3 Å². The van der Waals surface area contributed by atoms with Crippen molar-refractivity contribution in [1.82, 2.24) is 5.09 Å². The molecule has 1 aromatic rings. The van der Waals surface area contributed by atoms with Crippen molar-refractivity contribution in [3.8, 4) is 11.5 Å². The third kappa shape index (κ3) is 7.34. The molecule has 0 spiro atoms. The molecule has 2 atom stereocenters. The lowest BCUT2D eigenvalue weighted by Gasteiger charge is -2.23. The van der Waals surface area contributed by atoms with Crippen LogP contribution in [0.1, 0.15) is 19.4 Å². The van der Waals surface area contributed by atoms with Crippen LogP contribution in [0.2, 0.25) is 0 Å². The highest BCUT2D eigenvalue weighted by Crippen LogP contribution is 2.46. The van der Waals surface area contributed by atoms with E-state index in [1.807, 2.05) is 0 Å². The van der Waals surface area contributed by atoms with Crippen molar-refractivity contribution in [3.63, 3.8) is 0 Å². The van der Waals surface area contributed by atoms with Crippen molar-refractivity contribution in [3.05, 3.63) is 29.8 Å². The molecule has 0 aliphatic rings. The molecular weight excluding hydrogens is 389 g/mol. The van der Waals surface area contributed by atoms with Gasteiger partial charge in [0.05, 0.1) is 20.8 Å². The maximum Gasteiger partial charge on any atom is 0.342 e. The summed E-state index contributed by atoms with van der Waals surface area (Å²) in [5.41, 5.74) is 0.643. The zero-order valence-electron chi connectivity index (χ0n) is 16.6. The van der Waals surface area contributed by atoms with Gasteiger partial charge >= 0.3 is 19.5 Å². The Balaban J connectivity index is 3.05. The maximum absolute atomic E-state index is 13.1. The second-order valence-electron chi connectivity index (χ2n) is 5.55. The van der Waals surface area contributed by atoms with Crippen LogP contribution in [0.4, 0.5) is 0 Å². The third-order valence-electron chi connectivity index (χ3n) is 3.38. The Morgan fingerprint density at radius 2 is 1.93 bits per heavy atom. The molecule has 10 heteroatoms. The van der Waals surface area contributed by atoms with E-state index in [1.54, 1.807) is 19.1 Å². The van der Waals surface area contributed by atoms with E-state index >= 15 is 0 Å². The molecule has 0 aliphatic heterocycles. The van der Waals surface area contributed by atoms with Crippen LogP contribution in [0.25, 0.3) is 6.08 Å². The molecule has 9 nitrogen and oxygen atoms in total. The van der Waals surface area contributed by atoms with Crippen LogP contribution < -0.4 is 14.3 Å². The van der Waals surface area contributed by atoms with Gasteiger partial charge in [0.25, 0.3) is 0 Å². The number of rotatable bonds is 11. The summed E-state index contributed by atoms with van der Waals surface area (Å²) >= 11 is 0. The van der Waals surface area contributed by atoms with E-state index in [1.165, 1.54) is 46.5 Å². The normalized spacial score (nSPS) is 14.2. The molecule has 28 heavy (non-hydrogen) atoms. The minimum absolute atomic E-state index is 0.182. The number of benzene rings is 1. The van der Waals surface area contributed by atoms with Crippen LogP contribution in [-0.2, 0) is 28.4 Å². The Bertz CT molecular complexity index is 749. The van der Waals surface area contributed by atoms with Gasteiger partial charge < -0.3 is 23.5 Å². The van der Waals surface area contributed by atoms with E-state index in [2.05, 4.69) is 9.82 Å². The topological polar surface area (TPSA) is 109 Å². The summed E-state index contributed by atoms with van der Waals surface area (Å²) in [5, 5.41) is 2.64. The van der Waals surface area contributed by atoms with Gasteiger partial charge in [-0.2, -0.15) is 0 Å². The van der Waals surface area contributed by atoms with Gasteiger partial charge in [-0.15, -0.1) is 0 Å². The fourth-order valence-corrected chi connectivity index (χ4v) is 3.81. The fraction of sp³-hybridized carbons (Fsp3) is 0.444. The summed E-state index contributed by atoms with van der Waals surface area (Å²) in [5.74, 6) is -0.589. The zero-order chi connectivity index (χ0) is 21.2. The molecule has 0 heterocycles. The number of hydrogen-bond donors (Lipinski definition) is 1. The quantitative estimate of drug-likeness (QED) is 0.331. The van der Waals surface area contributed by atoms with Gasteiger partial charge in [0.1, 0.15) is 12.4 Å². The predicted molar refractivity (Wildman–Crippen MR) is 103 cm³/mol. The summed E-state index contributed by atoms with van der Waals surface area (Å²) in [4.78, 5) is 23.0. The summed E-state index contributed by atoms with van der Waals surface area (Å²) < 4.78 is 38.5. The minimum atomic E-state index is -3.61. The van der Waals surface area contributed by atoms with Crippen LogP contribution in [0, 0.1) is 0 Å². The molecular formula is C18H26NO8P. The van der Waals surface area contributed by atoms with Gasteiger partial charge in [-0.25, -0.2) is 9.88 Å². The average molecular weight is 415 g/mol. The smallest absolute Gasteiger partial charge is 0.342 e. The molecule has 0 fully saturated rings. The van der Waals surface area contributed by atoms with Gasteiger partial charge in [-0.3, -0.25) is 9.36 Å². The van der Waals surface area contributed by atoms with E-state index in [9.17, 15) is 14.2 Å². The number of carbonyl (C=O) groups is 2. The van der Waals surface area contributed by atoms with Crippen molar-refractivity contribution >= 4 is 25.5 Å². The second kappa shape index (κ2) is 11.5. The highest BCUT2D eigenvalue weighted by molar-refractivity contribution is 7.57. The zero-order valence-corrected chi connectivity index (χ0v) is 17.5. The molecule has 1 aromatic carbocycles. The molecule has 1 N–H and O–H groups in total. The van der Waals surface area contributed by atoms with E-state index in [-0.39, 0.29) is 24.5 Å². The fourth-order valence-electron chi connectivity index (χ4n) is 2.13. The summed E-state index contributed by atoms with van der Waals surface area (Å²) in [6.07, 6.45) is 2.52. The standard InChI is InChI=1S/C18H26NO8P/c1-6-26-18(21)13(2)19-28(22,12-23-3)27-15-9-7-14(11-16(15)24-4)8-10-17(20)25-5/h7-11,13H,6,12H2,1-5H3,(H,19,22)/b10-8+.